The van der Waals surface area contributed by atoms with Crippen LogP contribution < -0.4 is 5.73 Å². The Morgan fingerprint density at radius 3 is 2.89 bits per heavy atom. The summed E-state index contributed by atoms with van der Waals surface area (Å²) in [6.45, 7) is 2.94. The second-order valence-electron chi connectivity index (χ2n) is 1.59. The van der Waals surface area contributed by atoms with E-state index >= 15 is 0 Å². The molecule has 0 aromatic carbocycles. The summed E-state index contributed by atoms with van der Waals surface area (Å²) in [5.41, 5.74) is 5.15. The Bertz CT molecular complexity index is 118. The number of rotatable bonds is 3. The van der Waals surface area contributed by atoms with E-state index in [1.54, 1.807) is 6.21 Å². The lowest BCUT2D eigenvalue weighted by atomic mass is 10.5. The molecule has 0 radical (unpaired) electrons. The van der Waals surface area contributed by atoms with Gasteiger partial charge in [0.15, 0.2) is 0 Å². The molecule has 0 saturated heterocycles. The van der Waals surface area contributed by atoms with Crippen LogP contribution >= 0.6 is 15.9 Å². The SMILES string of the molecule is CCCN=CC(Br)=CN. The van der Waals surface area contributed by atoms with Gasteiger partial charge in [-0.3, -0.25) is 4.99 Å². The topological polar surface area (TPSA) is 38.4 Å². The van der Waals surface area contributed by atoms with Gasteiger partial charge in [-0.1, -0.05) is 6.92 Å². The third kappa shape index (κ3) is 5.56. The van der Waals surface area contributed by atoms with Crippen molar-refractivity contribution >= 4 is 22.1 Å². The summed E-state index contributed by atoms with van der Waals surface area (Å²) in [4.78, 5) is 4.04. The van der Waals surface area contributed by atoms with E-state index in [0.717, 1.165) is 17.4 Å². The van der Waals surface area contributed by atoms with Crippen LogP contribution in [0.4, 0.5) is 0 Å². The third-order valence-corrected chi connectivity index (χ3v) is 1.20. The Morgan fingerprint density at radius 1 is 1.78 bits per heavy atom. The zero-order valence-corrected chi connectivity index (χ0v) is 7.06. The minimum atomic E-state index is 0.830. The van der Waals surface area contributed by atoms with Gasteiger partial charge in [0.2, 0.25) is 0 Å². The lowest BCUT2D eigenvalue weighted by Gasteiger charge is -1.85. The van der Waals surface area contributed by atoms with Crippen LogP contribution in [0.5, 0.6) is 0 Å². The Labute approximate surface area is 64.0 Å². The van der Waals surface area contributed by atoms with Gasteiger partial charge in [-0.15, -0.1) is 0 Å². The maximum atomic E-state index is 5.15. The number of hydrogen-bond donors (Lipinski definition) is 1. The first-order valence-electron chi connectivity index (χ1n) is 2.88. The molecule has 0 atom stereocenters. The maximum absolute atomic E-state index is 5.15. The Hall–Kier alpha value is -0.310. The summed E-state index contributed by atoms with van der Waals surface area (Å²) in [6.07, 6.45) is 4.25. The molecule has 0 heterocycles. The van der Waals surface area contributed by atoms with Crippen LogP contribution in [0, 0.1) is 0 Å². The smallest absolute Gasteiger partial charge is 0.0508 e. The second-order valence-corrected chi connectivity index (χ2v) is 2.50. The monoisotopic (exact) mass is 190 g/mol. The molecule has 2 nitrogen and oxygen atoms in total. The lowest BCUT2D eigenvalue weighted by molar-refractivity contribution is 0.937. The van der Waals surface area contributed by atoms with Gasteiger partial charge in [0.1, 0.15) is 0 Å². The Balaban J connectivity index is 3.45. The van der Waals surface area contributed by atoms with E-state index in [4.69, 9.17) is 5.73 Å². The van der Waals surface area contributed by atoms with Crippen LogP contribution in [0.25, 0.3) is 0 Å². The Kier molecular flexibility index (Phi) is 5.62. The van der Waals surface area contributed by atoms with Gasteiger partial charge < -0.3 is 5.73 Å². The van der Waals surface area contributed by atoms with Crippen molar-refractivity contribution in [3.63, 3.8) is 0 Å². The van der Waals surface area contributed by atoms with Crippen LogP contribution in [0.1, 0.15) is 13.3 Å². The molecule has 0 saturated carbocycles. The van der Waals surface area contributed by atoms with Crippen molar-refractivity contribution in [3.8, 4) is 0 Å². The molecule has 0 unspecified atom stereocenters. The molecule has 0 spiro atoms. The van der Waals surface area contributed by atoms with Crippen LogP contribution in [0.15, 0.2) is 15.7 Å². The van der Waals surface area contributed by atoms with Gasteiger partial charge >= 0.3 is 0 Å². The highest BCUT2D eigenvalue weighted by Crippen LogP contribution is 1.96. The summed E-state index contributed by atoms with van der Waals surface area (Å²) >= 11 is 3.19. The molecule has 0 fully saturated rings. The van der Waals surface area contributed by atoms with Gasteiger partial charge in [0.25, 0.3) is 0 Å². The first kappa shape index (κ1) is 8.69. The fraction of sp³-hybridized carbons (Fsp3) is 0.500. The number of hydrogen-bond acceptors (Lipinski definition) is 2. The second kappa shape index (κ2) is 5.82. The summed E-state index contributed by atoms with van der Waals surface area (Å²) in [5, 5.41) is 0. The molecule has 0 aliphatic heterocycles. The summed E-state index contributed by atoms with van der Waals surface area (Å²) in [6, 6.07) is 0. The van der Waals surface area contributed by atoms with E-state index in [9.17, 15) is 0 Å². The van der Waals surface area contributed by atoms with Crippen LogP contribution in [0.2, 0.25) is 0 Å². The van der Waals surface area contributed by atoms with Crippen molar-refractivity contribution in [1.82, 2.24) is 0 Å². The predicted octanol–water partition coefficient (Wildman–Crippen LogP) is 1.66. The quantitative estimate of drug-likeness (QED) is 0.677. The van der Waals surface area contributed by atoms with E-state index in [0.29, 0.717) is 0 Å². The van der Waals surface area contributed by atoms with E-state index in [-0.39, 0.29) is 0 Å². The van der Waals surface area contributed by atoms with Gasteiger partial charge in [0, 0.05) is 19.0 Å². The highest BCUT2D eigenvalue weighted by molar-refractivity contribution is 9.12. The van der Waals surface area contributed by atoms with Crippen LogP contribution in [-0.4, -0.2) is 12.8 Å². The van der Waals surface area contributed by atoms with Gasteiger partial charge in [0.05, 0.1) is 4.48 Å². The van der Waals surface area contributed by atoms with Crippen LogP contribution in [0.3, 0.4) is 0 Å². The van der Waals surface area contributed by atoms with Crippen molar-refractivity contribution in [2.75, 3.05) is 6.54 Å². The molecule has 0 aromatic rings. The number of aliphatic imine (C=N–C) groups is 1. The predicted molar refractivity (Wildman–Crippen MR) is 44.8 cm³/mol. The van der Waals surface area contributed by atoms with Crippen LogP contribution in [-0.2, 0) is 0 Å². The molecule has 0 rings (SSSR count). The molecule has 3 heteroatoms. The van der Waals surface area contributed by atoms with E-state index < -0.39 is 0 Å². The zero-order chi connectivity index (χ0) is 7.11. The van der Waals surface area contributed by atoms with Crippen molar-refractivity contribution in [1.29, 1.82) is 0 Å². The fourth-order valence-electron chi connectivity index (χ4n) is 0.324. The number of allylic oxidation sites excluding steroid dienone is 1. The van der Waals surface area contributed by atoms with Gasteiger partial charge in [-0.05, 0) is 22.4 Å². The highest BCUT2D eigenvalue weighted by atomic mass is 79.9. The summed E-state index contributed by atoms with van der Waals surface area (Å²) in [7, 11) is 0. The average molecular weight is 191 g/mol. The normalized spacial score (nSPS) is 12.9. The van der Waals surface area contributed by atoms with Gasteiger partial charge in [-0.25, -0.2) is 0 Å². The molecule has 52 valence electrons. The zero-order valence-electron chi connectivity index (χ0n) is 5.47. The minimum Gasteiger partial charge on any atom is -0.404 e. The third-order valence-electron chi connectivity index (χ3n) is 0.727. The average Bonchev–Trinajstić information content (AvgIpc) is 1.89. The van der Waals surface area contributed by atoms with Crippen molar-refractivity contribution in [2.24, 2.45) is 10.7 Å². The molecule has 0 amide bonds. The largest absolute Gasteiger partial charge is 0.404 e. The molecule has 0 bridgehead atoms. The fourth-order valence-corrected chi connectivity index (χ4v) is 0.469. The molecule has 0 aliphatic rings. The number of halogens is 1. The van der Waals surface area contributed by atoms with Crippen molar-refractivity contribution in [2.45, 2.75) is 13.3 Å². The maximum Gasteiger partial charge on any atom is 0.0508 e. The van der Waals surface area contributed by atoms with E-state index in [1.807, 2.05) is 0 Å². The molecular weight excluding hydrogens is 180 g/mol. The van der Waals surface area contributed by atoms with Gasteiger partial charge in [-0.2, -0.15) is 0 Å². The summed E-state index contributed by atoms with van der Waals surface area (Å²) in [5.74, 6) is 0. The van der Waals surface area contributed by atoms with Crippen molar-refractivity contribution < 1.29 is 0 Å². The Morgan fingerprint density at radius 2 is 2.44 bits per heavy atom. The number of nitrogens with two attached hydrogens (primary N) is 1. The molecule has 2 N–H and O–H groups in total. The standard InChI is InChI=1S/C6H11BrN2/c1-2-3-9-5-6(7)4-8/h4-5H,2-3,8H2,1H3. The molecule has 0 aliphatic carbocycles. The highest BCUT2D eigenvalue weighted by Gasteiger charge is 1.78. The minimum absolute atomic E-state index is 0.830. The van der Waals surface area contributed by atoms with E-state index in [1.165, 1.54) is 6.20 Å². The number of nitrogens with zero attached hydrogens (tertiary/aromatic N) is 1. The molecule has 9 heavy (non-hydrogen) atoms. The molecular formula is C6H11BrN2. The molecule has 0 aromatic heterocycles. The first-order valence-corrected chi connectivity index (χ1v) is 3.67. The first-order chi connectivity index (χ1) is 4.31. The lowest BCUT2D eigenvalue weighted by Crippen LogP contribution is -1.83. The van der Waals surface area contributed by atoms with Crippen molar-refractivity contribution in [3.05, 3.63) is 10.7 Å². The van der Waals surface area contributed by atoms with E-state index in [2.05, 4.69) is 27.8 Å². The summed E-state index contributed by atoms with van der Waals surface area (Å²) < 4.78 is 0.830.